The number of aryl methyl sites for hydroxylation is 1. The molecule has 24 heavy (non-hydrogen) atoms. The van der Waals surface area contributed by atoms with Crippen LogP contribution >= 0.6 is 11.6 Å². The van der Waals surface area contributed by atoms with Crippen LogP contribution in [0.15, 0.2) is 53.4 Å². The van der Waals surface area contributed by atoms with E-state index in [4.69, 9.17) is 22.1 Å². The number of halogens is 1. The predicted molar refractivity (Wildman–Crippen MR) is 95.1 cm³/mol. The van der Waals surface area contributed by atoms with E-state index in [1.807, 2.05) is 13.0 Å². The van der Waals surface area contributed by atoms with Crippen LogP contribution in [0.4, 0.5) is 0 Å². The Morgan fingerprint density at radius 1 is 1.21 bits per heavy atom. The highest BCUT2D eigenvalue weighted by Gasteiger charge is 2.69. The average Bonchev–Trinajstić information content (AvgIpc) is 3.14. The maximum absolute atomic E-state index is 13.1. The molecule has 2 aromatic rings. The number of sulfone groups is 1. The van der Waals surface area contributed by atoms with Crippen LogP contribution in [0.2, 0.25) is 5.02 Å². The van der Waals surface area contributed by atoms with Gasteiger partial charge in [0.25, 0.3) is 0 Å². The Kier molecular flexibility index (Phi) is 4.47. The molecule has 0 spiro atoms. The minimum absolute atomic E-state index is 0.167. The van der Waals surface area contributed by atoms with Crippen molar-refractivity contribution in [3.05, 3.63) is 64.7 Å². The fraction of sp³-hybridized carbons (Fsp3) is 0.333. The number of nitrogens with two attached hydrogens (primary N) is 1. The standard InChI is InChI=1S/C18H20ClNO3S/c1-12-6-8-15(9-7-12)24(21,22)17-16(18(17,20)11-23-2)13-4-3-5-14(19)10-13/h3-10,16-17H,11,20H2,1-2H3/t16-,17-,18+/m0/s1. The number of benzene rings is 2. The quantitative estimate of drug-likeness (QED) is 0.884. The SMILES string of the molecule is COC[C@@]1(N)[C@@H](c2cccc(Cl)c2)[C@@H]1S(=O)(=O)c1ccc(C)cc1. The van der Waals surface area contributed by atoms with Gasteiger partial charge in [-0.3, -0.25) is 0 Å². The Morgan fingerprint density at radius 3 is 2.46 bits per heavy atom. The van der Waals surface area contributed by atoms with Crippen LogP contribution in [0, 0.1) is 6.92 Å². The molecule has 0 bridgehead atoms. The van der Waals surface area contributed by atoms with Crippen molar-refractivity contribution < 1.29 is 13.2 Å². The summed E-state index contributed by atoms with van der Waals surface area (Å²) in [5, 5.41) is -0.170. The Balaban J connectivity index is 2.03. The normalized spacial score (nSPS) is 26.3. The molecule has 2 N–H and O–H groups in total. The number of methoxy groups -OCH3 is 1. The van der Waals surface area contributed by atoms with E-state index in [-0.39, 0.29) is 17.4 Å². The van der Waals surface area contributed by atoms with Crippen molar-refractivity contribution in [2.45, 2.75) is 28.5 Å². The first-order valence-corrected chi connectivity index (χ1v) is 9.57. The van der Waals surface area contributed by atoms with E-state index in [1.54, 1.807) is 42.5 Å². The fourth-order valence-corrected chi connectivity index (χ4v) is 5.86. The second-order valence-electron chi connectivity index (χ2n) is 6.36. The van der Waals surface area contributed by atoms with E-state index in [9.17, 15) is 8.42 Å². The van der Waals surface area contributed by atoms with Gasteiger partial charge in [0.15, 0.2) is 9.84 Å². The summed E-state index contributed by atoms with van der Waals surface area (Å²) in [4.78, 5) is 0.286. The Bertz CT molecular complexity index is 851. The van der Waals surface area contributed by atoms with Gasteiger partial charge in [0.05, 0.1) is 22.3 Å². The van der Waals surface area contributed by atoms with Crippen molar-refractivity contribution in [1.82, 2.24) is 0 Å². The number of hydrogen-bond acceptors (Lipinski definition) is 4. The minimum Gasteiger partial charge on any atom is -0.383 e. The molecule has 128 valence electrons. The summed E-state index contributed by atoms with van der Waals surface area (Å²) in [6.07, 6.45) is 0. The molecule has 0 aliphatic heterocycles. The molecule has 0 radical (unpaired) electrons. The summed E-state index contributed by atoms with van der Waals surface area (Å²) < 4.78 is 31.4. The highest BCUT2D eigenvalue weighted by molar-refractivity contribution is 7.92. The van der Waals surface area contributed by atoms with Crippen molar-refractivity contribution in [2.24, 2.45) is 5.73 Å². The molecular formula is C18H20ClNO3S. The molecule has 0 heterocycles. The zero-order chi connectivity index (χ0) is 17.5. The van der Waals surface area contributed by atoms with Gasteiger partial charge in [-0.05, 0) is 36.8 Å². The highest BCUT2D eigenvalue weighted by atomic mass is 35.5. The summed E-state index contributed by atoms with van der Waals surface area (Å²) in [6.45, 7) is 2.08. The van der Waals surface area contributed by atoms with Crippen molar-refractivity contribution in [3.8, 4) is 0 Å². The summed E-state index contributed by atoms with van der Waals surface area (Å²) in [5.74, 6) is -0.345. The Morgan fingerprint density at radius 2 is 1.88 bits per heavy atom. The lowest BCUT2D eigenvalue weighted by Crippen LogP contribution is -2.35. The second kappa shape index (κ2) is 6.15. The van der Waals surface area contributed by atoms with E-state index in [0.717, 1.165) is 11.1 Å². The lowest BCUT2D eigenvalue weighted by molar-refractivity contribution is 0.171. The van der Waals surface area contributed by atoms with Gasteiger partial charge in [-0.15, -0.1) is 0 Å². The van der Waals surface area contributed by atoms with Gasteiger partial charge in [-0.2, -0.15) is 0 Å². The first-order valence-electron chi connectivity index (χ1n) is 7.64. The Labute approximate surface area is 147 Å². The topological polar surface area (TPSA) is 69.4 Å². The largest absolute Gasteiger partial charge is 0.383 e. The molecule has 1 saturated carbocycles. The molecule has 0 unspecified atom stereocenters. The molecule has 0 saturated heterocycles. The molecule has 3 rings (SSSR count). The van der Waals surface area contributed by atoms with Gasteiger partial charge in [0, 0.05) is 18.1 Å². The Hall–Kier alpha value is -1.40. The first-order chi connectivity index (χ1) is 11.3. The van der Waals surface area contributed by atoms with E-state index >= 15 is 0 Å². The summed E-state index contributed by atoms with van der Waals surface area (Å²) in [7, 11) is -2.05. The molecule has 4 nitrogen and oxygen atoms in total. The molecule has 3 atom stereocenters. The summed E-state index contributed by atoms with van der Waals surface area (Å²) in [6, 6.07) is 14.0. The van der Waals surface area contributed by atoms with Crippen LogP contribution in [-0.2, 0) is 14.6 Å². The zero-order valence-electron chi connectivity index (χ0n) is 13.6. The maximum Gasteiger partial charge on any atom is 0.183 e. The third kappa shape index (κ3) is 2.86. The van der Waals surface area contributed by atoms with Gasteiger partial charge < -0.3 is 10.5 Å². The van der Waals surface area contributed by atoms with Crippen LogP contribution in [0.5, 0.6) is 0 Å². The van der Waals surface area contributed by atoms with Crippen LogP contribution in [-0.4, -0.2) is 32.9 Å². The van der Waals surface area contributed by atoms with Crippen LogP contribution < -0.4 is 5.73 Å². The molecule has 2 aromatic carbocycles. The second-order valence-corrected chi connectivity index (χ2v) is 8.86. The van der Waals surface area contributed by atoms with Crippen molar-refractivity contribution >= 4 is 21.4 Å². The first kappa shape index (κ1) is 17.4. The monoisotopic (exact) mass is 365 g/mol. The summed E-state index contributed by atoms with van der Waals surface area (Å²) >= 11 is 6.06. The van der Waals surface area contributed by atoms with Crippen molar-refractivity contribution in [3.63, 3.8) is 0 Å². The van der Waals surface area contributed by atoms with Gasteiger partial charge in [-0.25, -0.2) is 8.42 Å². The fourth-order valence-electron chi connectivity index (χ4n) is 3.37. The number of rotatable bonds is 5. The smallest absolute Gasteiger partial charge is 0.183 e. The molecule has 1 aliphatic rings. The van der Waals surface area contributed by atoms with E-state index < -0.39 is 20.6 Å². The third-order valence-electron chi connectivity index (χ3n) is 4.59. The lowest BCUT2D eigenvalue weighted by Gasteiger charge is -2.11. The van der Waals surface area contributed by atoms with Crippen molar-refractivity contribution in [2.75, 3.05) is 13.7 Å². The highest BCUT2D eigenvalue weighted by Crippen LogP contribution is 2.56. The van der Waals surface area contributed by atoms with Gasteiger partial charge in [0.2, 0.25) is 0 Å². The molecule has 0 aromatic heterocycles. The van der Waals surface area contributed by atoms with Crippen molar-refractivity contribution in [1.29, 1.82) is 0 Å². The van der Waals surface area contributed by atoms with Gasteiger partial charge >= 0.3 is 0 Å². The predicted octanol–water partition coefficient (Wildman–Crippen LogP) is 2.93. The minimum atomic E-state index is -3.57. The van der Waals surface area contributed by atoms with E-state index in [1.165, 1.54) is 7.11 Å². The van der Waals surface area contributed by atoms with Crippen LogP contribution in [0.25, 0.3) is 0 Å². The van der Waals surface area contributed by atoms with E-state index in [2.05, 4.69) is 0 Å². The number of ether oxygens (including phenoxy) is 1. The molecule has 6 heteroatoms. The molecule has 1 fully saturated rings. The average molecular weight is 366 g/mol. The van der Waals surface area contributed by atoms with Crippen LogP contribution in [0.1, 0.15) is 17.0 Å². The van der Waals surface area contributed by atoms with Crippen LogP contribution in [0.3, 0.4) is 0 Å². The van der Waals surface area contributed by atoms with Gasteiger partial charge in [-0.1, -0.05) is 41.4 Å². The molecule has 1 aliphatic carbocycles. The van der Waals surface area contributed by atoms with Gasteiger partial charge in [0.1, 0.15) is 0 Å². The third-order valence-corrected chi connectivity index (χ3v) is 7.13. The summed E-state index contributed by atoms with van der Waals surface area (Å²) in [5.41, 5.74) is 7.31. The zero-order valence-corrected chi connectivity index (χ0v) is 15.1. The lowest BCUT2D eigenvalue weighted by atomic mass is 10.1. The molecular weight excluding hydrogens is 346 g/mol. The molecule has 0 amide bonds. The number of hydrogen-bond donors (Lipinski definition) is 1. The van der Waals surface area contributed by atoms with E-state index in [0.29, 0.717) is 5.02 Å². The maximum atomic E-state index is 13.1.